The first-order valence-corrected chi connectivity index (χ1v) is 16.3. The van der Waals surface area contributed by atoms with Crippen molar-refractivity contribution in [2.75, 3.05) is 12.4 Å². The Hall–Kier alpha value is -4.29. The number of aryl methyl sites for hydroxylation is 1. The molecule has 0 bridgehead atoms. The number of allylic oxidation sites excluding steroid dienone is 1. The molecule has 1 unspecified atom stereocenters. The minimum Gasteiger partial charge on any atom is -0.466 e. The van der Waals surface area contributed by atoms with Crippen molar-refractivity contribution in [1.82, 2.24) is 9.13 Å². The molecule has 0 radical (unpaired) electrons. The fraction of sp³-hybridized carbons (Fsp3) is 0.344. The summed E-state index contributed by atoms with van der Waals surface area (Å²) in [6.45, 7) is 5.63. The lowest BCUT2D eigenvalue weighted by Gasteiger charge is -2.24. The van der Waals surface area contributed by atoms with Crippen molar-refractivity contribution in [2.24, 2.45) is 4.99 Å². The topological polar surface area (TPSA) is 121 Å². The molecule has 228 valence electrons. The molecule has 1 fully saturated rings. The average Bonchev–Trinajstić information content (AvgIpc) is 3.71. The molecular formula is C32H33N5O5S2. The number of anilines is 1. The molecule has 4 heterocycles. The van der Waals surface area contributed by atoms with Crippen molar-refractivity contribution in [2.45, 2.75) is 65.0 Å². The number of hydrogen-bond donors (Lipinski definition) is 1. The largest absolute Gasteiger partial charge is 0.466 e. The van der Waals surface area contributed by atoms with E-state index in [2.05, 4.69) is 10.3 Å². The summed E-state index contributed by atoms with van der Waals surface area (Å²) < 4.78 is 9.08. The molecule has 2 aliphatic rings. The van der Waals surface area contributed by atoms with Crippen LogP contribution in [0.5, 0.6) is 0 Å². The molecule has 12 heteroatoms. The minimum atomic E-state index is -0.630. The number of nitrogens with one attached hydrogen (secondary N) is 1. The van der Waals surface area contributed by atoms with Crippen LogP contribution in [0.1, 0.15) is 66.9 Å². The number of fused-ring (bicyclic) bond motifs is 1. The number of aromatic nitrogens is 2. The lowest BCUT2D eigenvalue weighted by molar-refractivity contribution is -0.384. The molecule has 1 N–H and O–H groups in total. The standard InChI is InChI=1S/C32H33N5O5S2/c1-18-15-21(20(3)35(18)23-12-13-24(25(17-23)37(40)41)34-22-9-6-5-7-10-22)16-27-30(38)36-29(26-11-8-14-43-26)28(31(39)42-4)19(2)33-32(36)44-27/h8,11-17,22,29,34H,5-7,9-10H2,1-4H3. The quantitative estimate of drug-likeness (QED) is 0.163. The third-order valence-electron chi connectivity index (χ3n) is 8.40. The van der Waals surface area contributed by atoms with Crippen LogP contribution in [0.2, 0.25) is 0 Å². The maximum atomic E-state index is 13.9. The predicted molar refractivity (Wildman–Crippen MR) is 172 cm³/mol. The summed E-state index contributed by atoms with van der Waals surface area (Å²) in [4.78, 5) is 44.4. The fourth-order valence-electron chi connectivity index (χ4n) is 6.28. The highest BCUT2D eigenvalue weighted by Gasteiger charge is 2.33. The third kappa shape index (κ3) is 5.32. The fourth-order valence-corrected chi connectivity index (χ4v) is 8.14. The molecule has 0 spiro atoms. The Kier molecular flexibility index (Phi) is 8.12. The third-order valence-corrected chi connectivity index (χ3v) is 10.3. The zero-order valence-electron chi connectivity index (χ0n) is 25.0. The summed E-state index contributed by atoms with van der Waals surface area (Å²) in [6, 6.07) is 10.7. The maximum Gasteiger partial charge on any atom is 0.338 e. The van der Waals surface area contributed by atoms with Gasteiger partial charge in [0.1, 0.15) is 11.7 Å². The van der Waals surface area contributed by atoms with E-state index in [1.165, 1.54) is 36.2 Å². The number of rotatable bonds is 7. The number of thiazole rings is 1. The van der Waals surface area contributed by atoms with Gasteiger partial charge < -0.3 is 14.6 Å². The molecule has 1 saturated carbocycles. The average molecular weight is 632 g/mol. The number of carbonyl (C=O) groups excluding carboxylic acids is 1. The predicted octanol–water partition coefficient (Wildman–Crippen LogP) is 5.53. The van der Waals surface area contributed by atoms with Gasteiger partial charge >= 0.3 is 5.97 Å². The highest BCUT2D eigenvalue weighted by molar-refractivity contribution is 7.10. The number of thiophene rings is 1. The molecule has 0 amide bonds. The number of hydrogen-bond acceptors (Lipinski definition) is 9. The van der Waals surface area contributed by atoms with Gasteiger partial charge in [-0.2, -0.15) is 0 Å². The van der Waals surface area contributed by atoms with Gasteiger partial charge in [0, 0.05) is 28.4 Å². The lowest BCUT2D eigenvalue weighted by Crippen LogP contribution is -2.39. The van der Waals surface area contributed by atoms with Crippen LogP contribution in [-0.4, -0.2) is 33.2 Å². The Morgan fingerprint density at radius 3 is 2.61 bits per heavy atom. The SMILES string of the molecule is COC(=O)C1=C(C)N=c2sc(=Cc3cc(C)n(-c4ccc(NC5CCCCC5)c([N+](=O)[O-])c4)c3C)c(=O)n2C1c1cccs1. The molecule has 10 nitrogen and oxygen atoms in total. The molecule has 0 saturated heterocycles. The molecule has 1 atom stereocenters. The van der Waals surface area contributed by atoms with E-state index in [1.54, 1.807) is 23.6 Å². The van der Waals surface area contributed by atoms with Gasteiger partial charge in [-0.25, -0.2) is 9.79 Å². The number of methoxy groups -OCH3 is 1. The molecule has 44 heavy (non-hydrogen) atoms. The van der Waals surface area contributed by atoms with Crippen LogP contribution in [0, 0.1) is 24.0 Å². The molecule has 4 aromatic rings. The highest BCUT2D eigenvalue weighted by atomic mass is 32.1. The number of benzene rings is 1. The van der Waals surface area contributed by atoms with Gasteiger partial charge in [0.2, 0.25) is 0 Å². The summed E-state index contributed by atoms with van der Waals surface area (Å²) in [5.41, 5.74) is 4.41. The van der Waals surface area contributed by atoms with E-state index < -0.39 is 12.0 Å². The summed E-state index contributed by atoms with van der Waals surface area (Å²) >= 11 is 2.73. The van der Waals surface area contributed by atoms with E-state index in [4.69, 9.17) is 4.74 Å². The van der Waals surface area contributed by atoms with Gasteiger partial charge in [0.25, 0.3) is 11.2 Å². The van der Waals surface area contributed by atoms with Gasteiger partial charge in [0.15, 0.2) is 4.80 Å². The number of nitro benzene ring substituents is 1. The number of nitrogens with zero attached hydrogens (tertiary/aromatic N) is 4. The first-order chi connectivity index (χ1) is 21.2. The van der Waals surface area contributed by atoms with E-state index in [0.717, 1.165) is 47.5 Å². The van der Waals surface area contributed by atoms with Crippen LogP contribution in [-0.2, 0) is 9.53 Å². The zero-order valence-corrected chi connectivity index (χ0v) is 26.6. The molecule has 1 aliphatic carbocycles. The van der Waals surface area contributed by atoms with E-state index in [9.17, 15) is 19.7 Å². The van der Waals surface area contributed by atoms with Crippen LogP contribution < -0.4 is 20.2 Å². The van der Waals surface area contributed by atoms with Crippen LogP contribution in [0.4, 0.5) is 11.4 Å². The Balaban J connectivity index is 1.41. The Morgan fingerprint density at radius 2 is 1.93 bits per heavy atom. The van der Waals surface area contributed by atoms with Gasteiger partial charge in [-0.1, -0.05) is 36.7 Å². The van der Waals surface area contributed by atoms with E-state index in [1.807, 2.05) is 54.1 Å². The Labute approximate surface area is 261 Å². The van der Waals surface area contributed by atoms with Crippen molar-refractivity contribution in [3.8, 4) is 5.69 Å². The second-order valence-corrected chi connectivity index (χ2v) is 13.2. The summed E-state index contributed by atoms with van der Waals surface area (Å²) in [6.07, 6.45) is 7.33. The molecule has 3 aromatic heterocycles. The number of esters is 1. The van der Waals surface area contributed by atoms with Crippen molar-refractivity contribution in [1.29, 1.82) is 0 Å². The van der Waals surface area contributed by atoms with Gasteiger partial charge in [-0.3, -0.25) is 19.5 Å². The van der Waals surface area contributed by atoms with E-state index >= 15 is 0 Å². The van der Waals surface area contributed by atoms with Gasteiger partial charge in [-0.05, 0) is 74.9 Å². The second-order valence-electron chi connectivity index (χ2n) is 11.2. The van der Waals surface area contributed by atoms with Crippen LogP contribution in [0.25, 0.3) is 11.8 Å². The van der Waals surface area contributed by atoms with Gasteiger partial charge in [-0.15, -0.1) is 11.3 Å². The lowest BCUT2D eigenvalue weighted by atomic mass is 9.95. The van der Waals surface area contributed by atoms with Crippen molar-refractivity contribution in [3.63, 3.8) is 0 Å². The molecule has 1 aliphatic heterocycles. The van der Waals surface area contributed by atoms with Crippen LogP contribution in [0.15, 0.2) is 62.8 Å². The highest BCUT2D eigenvalue weighted by Crippen LogP contribution is 2.34. The Morgan fingerprint density at radius 1 is 1.16 bits per heavy atom. The monoisotopic (exact) mass is 631 g/mol. The van der Waals surface area contributed by atoms with Gasteiger partial charge in [0.05, 0.1) is 33.5 Å². The summed E-state index contributed by atoms with van der Waals surface area (Å²) in [5, 5.41) is 17.4. The molecule has 6 rings (SSSR count). The minimum absolute atomic E-state index is 0.0424. The van der Waals surface area contributed by atoms with Crippen molar-refractivity contribution < 1.29 is 14.5 Å². The number of nitro groups is 1. The Bertz CT molecular complexity index is 1980. The summed E-state index contributed by atoms with van der Waals surface area (Å²) in [7, 11) is 1.32. The zero-order chi connectivity index (χ0) is 31.1. The molecule has 1 aromatic carbocycles. The van der Waals surface area contributed by atoms with Crippen LogP contribution >= 0.6 is 22.7 Å². The van der Waals surface area contributed by atoms with Crippen molar-refractivity contribution in [3.05, 3.63) is 105 Å². The van der Waals surface area contributed by atoms with E-state index in [-0.39, 0.29) is 22.2 Å². The van der Waals surface area contributed by atoms with E-state index in [0.29, 0.717) is 32.0 Å². The normalized spacial score (nSPS) is 17.4. The second kappa shape index (κ2) is 12.0. The van der Waals surface area contributed by atoms with Crippen LogP contribution in [0.3, 0.4) is 0 Å². The number of ether oxygens (including phenoxy) is 1. The maximum absolute atomic E-state index is 13.9. The summed E-state index contributed by atoms with van der Waals surface area (Å²) in [5.74, 6) is -0.517. The smallest absolute Gasteiger partial charge is 0.338 e. The van der Waals surface area contributed by atoms with Crippen molar-refractivity contribution >= 4 is 46.1 Å². The first-order valence-electron chi connectivity index (χ1n) is 14.6. The first kappa shape index (κ1) is 29.8. The number of carbonyl (C=O) groups is 1. The molecular weight excluding hydrogens is 599 g/mol.